The summed E-state index contributed by atoms with van der Waals surface area (Å²) in [5.74, 6) is -0.587. The maximum absolute atomic E-state index is 11.7. The maximum atomic E-state index is 11.7. The molecule has 0 aliphatic heterocycles. The fourth-order valence-corrected chi connectivity index (χ4v) is 2.59. The number of nitrogens with one attached hydrogen (secondary N) is 1. The van der Waals surface area contributed by atoms with E-state index >= 15 is 0 Å². The average molecular weight is 339 g/mol. The summed E-state index contributed by atoms with van der Waals surface area (Å²) in [5.41, 5.74) is -0.0811. The topological polar surface area (TPSA) is 102 Å². The van der Waals surface area contributed by atoms with Crippen LogP contribution in [0, 0.1) is 5.41 Å². The monoisotopic (exact) mass is 338 g/mol. The first-order valence-corrected chi connectivity index (χ1v) is 7.45. The lowest BCUT2D eigenvalue weighted by Gasteiger charge is -2.17. The molecule has 1 amide bonds. The third-order valence-corrected chi connectivity index (χ3v) is 3.73. The first kappa shape index (κ1) is 15.2. The van der Waals surface area contributed by atoms with Gasteiger partial charge in [-0.25, -0.2) is 13.6 Å². The highest BCUT2D eigenvalue weighted by molar-refractivity contribution is 9.10. The van der Waals surface area contributed by atoms with Gasteiger partial charge in [0.05, 0.1) is 0 Å². The molecular formula is C10H15BrN2O4S. The number of primary sulfonamides is 1. The minimum absolute atomic E-state index is 0.0779. The molecule has 0 atom stereocenters. The second-order valence-electron chi connectivity index (χ2n) is 5.04. The number of hydrogen-bond donors (Lipinski definition) is 2. The van der Waals surface area contributed by atoms with Gasteiger partial charge < -0.3 is 9.73 Å². The van der Waals surface area contributed by atoms with Crippen molar-refractivity contribution in [2.24, 2.45) is 10.6 Å². The van der Waals surface area contributed by atoms with Crippen molar-refractivity contribution in [1.82, 2.24) is 5.32 Å². The van der Waals surface area contributed by atoms with Crippen LogP contribution in [0.3, 0.4) is 0 Å². The van der Waals surface area contributed by atoms with Gasteiger partial charge in [0.25, 0.3) is 5.91 Å². The van der Waals surface area contributed by atoms with Crippen molar-refractivity contribution in [2.45, 2.75) is 25.7 Å². The molecule has 0 aliphatic rings. The Hall–Kier alpha value is -0.860. The Labute approximate surface area is 114 Å². The Kier molecular flexibility index (Phi) is 4.24. The summed E-state index contributed by atoms with van der Waals surface area (Å²) >= 11 is 2.91. The highest BCUT2D eigenvalue weighted by Crippen LogP contribution is 2.25. The van der Waals surface area contributed by atoms with Crippen molar-refractivity contribution < 1.29 is 17.6 Å². The fourth-order valence-electron chi connectivity index (χ4n) is 1.09. The van der Waals surface area contributed by atoms with E-state index in [0.29, 0.717) is 6.54 Å². The van der Waals surface area contributed by atoms with E-state index in [4.69, 9.17) is 9.56 Å². The molecule has 0 aromatic carbocycles. The number of furan rings is 1. The number of rotatable bonds is 3. The van der Waals surface area contributed by atoms with Gasteiger partial charge in [0, 0.05) is 12.6 Å². The van der Waals surface area contributed by atoms with Gasteiger partial charge >= 0.3 is 0 Å². The van der Waals surface area contributed by atoms with Gasteiger partial charge in [-0.2, -0.15) is 0 Å². The summed E-state index contributed by atoms with van der Waals surface area (Å²) in [5, 5.41) is 7.61. The number of carbonyl (C=O) groups is 1. The Morgan fingerprint density at radius 2 is 2.06 bits per heavy atom. The zero-order valence-corrected chi connectivity index (χ0v) is 12.7. The molecule has 1 heterocycles. The molecule has 102 valence electrons. The number of halogens is 1. The average Bonchev–Trinajstić information content (AvgIpc) is 2.55. The van der Waals surface area contributed by atoms with Crippen LogP contribution in [-0.2, 0) is 10.0 Å². The van der Waals surface area contributed by atoms with Gasteiger partial charge in [-0.15, -0.1) is 0 Å². The summed E-state index contributed by atoms with van der Waals surface area (Å²) in [7, 11) is -3.91. The standard InChI is InChI=1S/C10H15BrN2O4S/c1-10(2,3)5-13-9(14)6-4-7(8(11)17-6)18(12,15)16/h4H,5H2,1-3H3,(H,13,14)(H2,12,15,16). The van der Waals surface area contributed by atoms with Crippen LogP contribution in [0.2, 0.25) is 0 Å². The van der Waals surface area contributed by atoms with Crippen LogP contribution in [0.5, 0.6) is 0 Å². The van der Waals surface area contributed by atoms with Gasteiger partial charge in [0.15, 0.2) is 10.4 Å². The molecule has 0 bridgehead atoms. The lowest BCUT2D eigenvalue weighted by molar-refractivity contribution is 0.0910. The first-order valence-electron chi connectivity index (χ1n) is 5.11. The van der Waals surface area contributed by atoms with Crippen molar-refractivity contribution in [1.29, 1.82) is 0 Å². The number of carbonyl (C=O) groups excluding carboxylic acids is 1. The van der Waals surface area contributed by atoms with Crippen molar-refractivity contribution in [3.8, 4) is 0 Å². The van der Waals surface area contributed by atoms with Gasteiger partial charge in [-0.1, -0.05) is 20.8 Å². The van der Waals surface area contributed by atoms with E-state index in [1.165, 1.54) is 0 Å². The zero-order chi connectivity index (χ0) is 14.1. The molecule has 18 heavy (non-hydrogen) atoms. The molecule has 0 radical (unpaired) electrons. The fraction of sp³-hybridized carbons (Fsp3) is 0.500. The van der Waals surface area contributed by atoms with Crippen LogP contribution in [-0.4, -0.2) is 20.9 Å². The van der Waals surface area contributed by atoms with Crippen molar-refractivity contribution >= 4 is 31.9 Å². The lowest BCUT2D eigenvalue weighted by Crippen LogP contribution is -2.32. The quantitative estimate of drug-likeness (QED) is 0.870. The van der Waals surface area contributed by atoms with Crippen LogP contribution in [0.4, 0.5) is 0 Å². The van der Waals surface area contributed by atoms with Crippen molar-refractivity contribution in [2.75, 3.05) is 6.54 Å². The number of hydrogen-bond acceptors (Lipinski definition) is 4. The number of nitrogens with two attached hydrogens (primary N) is 1. The molecular weight excluding hydrogens is 324 g/mol. The Morgan fingerprint density at radius 3 is 2.44 bits per heavy atom. The van der Waals surface area contributed by atoms with Crippen molar-refractivity contribution in [3.05, 3.63) is 16.5 Å². The van der Waals surface area contributed by atoms with Crippen LogP contribution in [0.15, 0.2) is 20.0 Å². The summed E-state index contributed by atoms with van der Waals surface area (Å²) in [6, 6.07) is 1.09. The highest BCUT2D eigenvalue weighted by Gasteiger charge is 2.22. The van der Waals surface area contributed by atoms with Crippen LogP contribution < -0.4 is 10.5 Å². The molecule has 3 N–H and O–H groups in total. The summed E-state index contributed by atoms with van der Waals surface area (Å²) in [6.07, 6.45) is 0. The molecule has 0 fully saturated rings. The molecule has 1 aromatic heterocycles. The summed E-state index contributed by atoms with van der Waals surface area (Å²) in [6.45, 7) is 6.32. The smallest absolute Gasteiger partial charge is 0.287 e. The third kappa shape index (κ3) is 4.11. The predicted octanol–water partition coefficient (Wildman–Crippen LogP) is 1.47. The predicted molar refractivity (Wildman–Crippen MR) is 69.6 cm³/mol. The van der Waals surface area contributed by atoms with Crippen molar-refractivity contribution in [3.63, 3.8) is 0 Å². The van der Waals surface area contributed by atoms with E-state index in [-0.39, 0.29) is 20.7 Å². The Morgan fingerprint density at radius 1 is 1.50 bits per heavy atom. The van der Waals surface area contributed by atoms with E-state index < -0.39 is 15.9 Å². The minimum atomic E-state index is -3.91. The van der Waals surface area contributed by atoms with E-state index in [1.807, 2.05) is 20.8 Å². The Balaban J connectivity index is 2.90. The molecule has 1 aromatic rings. The van der Waals surface area contributed by atoms with Gasteiger partial charge in [0.2, 0.25) is 10.0 Å². The number of amides is 1. The molecule has 0 saturated heterocycles. The molecule has 8 heteroatoms. The highest BCUT2D eigenvalue weighted by atomic mass is 79.9. The third-order valence-electron chi connectivity index (χ3n) is 1.97. The molecule has 0 aliphatic carbocycles. The SMILES string of the molecule is CC(C)(C)CNC(=O)c1cc(S(N)(=O)=O)c(Br)o1. The largest absolute Gasteiger partial charge is 0.443 e. The summed E-state index contributed by atoms with van der Waals surface area (Å²) < 4.78 is 27.3. The lowest BCUT2D eigenvalue weighted by atomic mass is 9.97. The van der Waals surface area contributed by atoms with Crippen LogP contribution in [0.25, 0.3) is 0 Å². The first-order chi connectivity index (χ1) is 8.00. The maximum Gasteiger partial charge on any atom is 0.287 e. The minimum Gasteiger partial charge on any atom is -0.443 e. The van der Waals surface area contributed by atoms with E-state index in [1.54, 1.807) is 0 Å². The van der Waals surface area contributed by atoms with Crippen LogP contribution in [0.1, 0.15) is 31.3 Å². The molecule has 0 spiro atoms. The Bertz CT molecular complexity index is 557. The molecule has 1 rings (SSSR count). The van der Waals surface area contributed by atoms with E-state index in [9.17, 15) is 13.2 Å². The van der Waals surface area contributed by atoms with Gasteiger partial charge in [-0.3, -0.25) is 4.79 Å². The van der Waals surface area contributed by atoms with Crippen LogP contribution >= 0.6 is 15.9 Å². The zero-order valence-electron chi connectivity index (χ0n) is 10.3. The summed E-state index contributed by atoms with van der Waals surface area (Å²) in [4.78, 5) is 11.5. The van der Waals surface area contributed by atoms with E-state index in [0.717, 1.165) is 6.07 Å². The molecule has 0 saturated carbocycles. The van der Waals surface area contributed by atoms with Gasteiger partial charge in [-0.05, 0) is 21.3 Å². The molecule has 0 unspecified atom stereocenters. The van der Waals surface area contributed by atoms with Gasteiger partial charge in [0.1, 0.15) is 4.90 Å². The molecule has 6 nitrogen and oxygen atoms in total. The second kappa shape index (κ2) is 5.02. The van der Waals surface area contributed by atoms with E-state index in [2.05, 4.69) is 21.2 Å². The second-order valence-corrected chi connectivity index (χ2v) is 7.29. The normalized spacial score (nSPS) is 12.5. The number of sulfonamides is 1.